The maximum Gasteiger partial charge on any atom is 0.365 e. The molecule has 0 atom stereocenters. The van der Waals surface area contributed by atoms with Crippen LogP contribution in [0.3, 0.4) is 0 Å². The van der Waals surface area contributed by atoms with Crippen molar-refractivity contribution in [3.8, 4) is 0 Å². The summed E-state index contributed by atoms with van der Waals surface area (Å²) in [4.78, 5) is 57.3. The highest BCUT2D eigenvalue weighted by molar-refractivity contribution is 6.72. The molecule has 0 aliphatic carbocycles. The molecule has 0 radical (unpaired) electrons. The Balaban J connectivity index is 1.74. The average Bonchev–Trinajstić information content (AvgIpc) is 2.93. The molecular weight excluding hydrogens is 442 g/mol. The van der Waals surface area contributed by atoms with Gasteiger partial charge in [0.15, 0.2) is 11.5 Å². The van der Waals surface area contributed by atoms with E-state index in [1.807, 2.05) is 0 Å². The SMILES string of the molecule is O=C(ON=C(C(=O)c1ccccc1)C(=O)c1ccccc1C(=O)c1ccccc1)c1ccccc1. The first kappa shape index (κ1) is 23.2. The van der Waals surface area contributed by atoms with Crippen LogP contribution >= 0.6 is 0 Å². The van der Waals surface area contributed by atoms with Gasteiger partial charge in [-0.3, -0.25) is 14.4 Å². The number of Topliss-reactive ketones (excluding diaryl/α,β-unsaturated/α-hetero) is 2. The molecule has 6 nitrogen and oxygen atoms in total. The molecule has 0 heterocycles. The lowest BCUT2D eigenvalue weighted by Crippen LogP contribution is -2.27. The van der Waals surface area contributed by atoms with Crippen LogP contribution in [-0.2, 0) is 4.84 Å². The summed E-state index contributed by atoms with van der Waals surface area (Å²) in [7, 11) is 0. The highest BCUT2D eigenvalue weighted by Gasteiger charge is 2.28. The number of carbonyl (C=O) groups is 4. The van der Waals surface area contributed by atoms with Gasteiger partial charge in [-0.25, -0.2) is 4.79 Å². The highest BCUT2D eigenvalue weighted by Crippen LogP contribution is 2.18. The Morgan fingerprint density at radius 2 is 0.943 bits per heavy atom. The molecule has 35 heavy (non-hydrogen) atoms. The maximum atomic E-state index is 13.6. The molecule has 6 heteroatoms. The number of carbonyl (C=O) groups excluding carboxylic acids is 4. The van der Waals surface area contributed by atoms with Crippen molar-refractivity contribution in [2.45, 2.75) is 0 Å². The molecule has 0 amide bonds. The van der Waals surface area contributed by atoms with E-state index in [9.17, 15) is 19.2 Å². The topological polar surface area (TPSA) is 89.9 Å². The van der Waals surface area contributed by atoms with Crippen LogP contribution in [0.15, 0.2) is 120 Å². The fraction of sp³-hybridized carbons (Fsp3) is 0. The molecule has 0 saturated heterocycles. The van der Waals surface area contributed by atoms with E-state index in [4.69, 9.17) is 4.84 Å². The van der Waals surface area contributed by atoms with Gasteiger partial charge in [0.1, 0.15) is 0 Å². The first-order chi connectivity index (χ1) is 17.1. The number of oxime groups is 1. The number of hydrogen-bond donors (Lipinski definition) is 0. The monoisotopic (exact) mass is 461 g/mol. The van der Waals surface area contributed by atoms with E-state index in [1.54, 1.807) is 78.9 Å². The van der Waals surface area contributed by atoms with Gasteiger partial charge in [-0.05, 0) is 12.1 Å². The Bertz CT molecular complexity index is 1410. The molecule has 0 N–H and O–H groups in total. The minimum Gasteiger partial charge on any atom is -0.312 e. The Morgan fingerprint density at radius 3 is 1.51 bits per heavy atom. The van der Waals surface area contributed by atoms with E-state index in [2.05, 4.69) is 5.16 Å². The molecule has 0 unspecified atom stereocenters. The molecule has 0 aliphatic rings. The standard InChI is InChI=1S/C29H19NO5/c31-26(20-12-4-1-5-13-20)23-18-10-11-19-24(23)28(33)25(27(32)21-14-6-2-7-15-21)30-35-29(34)22-16-8-3-9-17-22/h1-19H. The van der Waals surface area contributed by atoms with Crippen molar-refractivity contribution in [1.82, 2.24) is 0 Å². The largest absolute Gasteiger partial charge is 0.365 e. The van der Waals surface area contributed by atoms with Crippen molar-refractivity contribution in [2.75, 3.05) is 0 Å². The molecule has 4 aromatic rings. The molecular formula is C29H19NO5. The normalized spacial score (nSPS) is 10.9. The van der Waals surface area contributed by atoms with Gasteiger partial charge in [0, 0.05) is 22.3 Å². The molecule has 0 fully saturated rings. The molecule has 4 rings (SSSR count). The average molecular weight is 461 g/mol. The first-order valence-electron chi connectivity index (χ1n) is 10.7. The van der Waals surface area contributed by atoms with Gasteiger partial charge >= 0.3 is 5.97 Å². The zero-order valence-corrected chi connectivity index (χ0v) is 18.5. The van der Waals surface area contributed by atoms with Crippen molar-refractivity contribution in [3.63, 3.8) is 0 Å². The van der Waals surface area contributed by atoms with Gasteiger partial charge < -0.3 is 4.84 Å². The van der Waals surface area contributed by atoms with Crippen LogP contribution in [0.5, 0.6) is 0 Å². The van der Waals surface area contributed by atoms with Crippen LogP contribution in [-0.4, -0.2) is 29.0 Å². The number of hydrogen-bond acceptors (Lipinski definition) is 6. The predicted molar refractivity (Wildman–Crippen MR) is 131 cm³/mol. The van der Waals surface area contributed by atoms with Gasteiger partial charge in [-0.2, -0.15) is 0 Å². The number of nitrogens with zero attached hydrogens (tertiary/aromatic N) is 1. The summed E-state index contributed by atoms with van der Waals surface area (Å²) in [6, 6.07) is 30.7. The van der Waals surface area contributed by atoms with Gasteiger partial charge in [0.05, 0.1) is 5.56 Å². The fourth-order valence-electron chi connectivity index (χ4n) is 3.38. The molecule has 0 bridgehead atoms. The molecule has 0 spiro atoms. The molecule has 0 saturated carbocycles. The Hall–Kier alpha value is -4.97. The third kappa shape index (κ3) is 5.34. The van der Waals surface area contributed by atoms with Gasteiger partial charge in [-0.1, -0.05) is 108 Å². The van der Waals surface area contributed by atoms with E-state index >= 15 is 0 Å². The molecule has 0 aromatic heterocycles. The van der Waals surface area contributed by atoms with Gasteiger partial charge in [-0.15, -0.1) is 0 Å². The number of rotatable bonds is 8. The lowest BCUT2D eigenvalue weighted by molar-refractivity contribution is 0.0515. The summed E-state index contributed by atoms with van der Waals surface area (Å²) < 4.78 is 0. The third-order valence-electron chi connectivity index (χ3n) is 5.15. The molecule has 4 aromatic carbocycles. The maximum absolute atomic E-state index is 13.6. The van der Waals surface area contributed by atoms with Crippen LogP contribution in [0.2, 0.25) is 0 Å². The van der Waals surface area contributed by atoms with Crippen LogP contribution in [0, 0.1) is 0 Å². The predicted octanol–water partition coefficient (Wildman–Crippen LogP) is 5.20. The van der Waals surface area contributed by atoms with E-state index < -0.39 is 23.2 Å². The second kappa shape index (κ2) is 10.8. The summed E-state index contributed by atoms with van der Waals surface area (Å²) >= 11 is 0. The quantitative estimate of drug-likeness (QED) is 0.118. The zero-order chi connectivity index (χ0) is 24.6. The second-order valence-corrected chi connectivity index (χ2v) is 7.45. The van der Waals surface area contributed by atoms with E-state index in [1.165, 1.54) is 36.4 Å². The minimum absolute atomic E-state index is 0.0276. The lowest BCUT2D eigenvalue weighted by atomic mass is 9.92. The van der Waals surface area contributed by atoms with E-state index in [0.29, 0.717) is 5.56 Å². The minimum atomic E-state index is -0.834. The van der Waals surface area contributed by atoms with Crippen LogP contribution in [0.25, 0.3) is 0 Å². The second-order valence-electron chi connectivity index (χ2n) is 7.45. The van der Waals surface area contributed by atoms with Crippen molar-refractivity contribution >= 4 is 29.0 Å². The van der Waals surface area contributed by atoms with Crippen LogP contribution in [0.1, 0.15) is 47.0 Å². The lowest BCUT2D eigenvalue weighted by Gasteiger charge is -2.10. The third-order valence-corrected chi connectivity index (χ3v) is 5.15. The Kier molecular flexibility index (Phi) is 7.13. The van der Waals surface area contributed by atoms with Gasteiger partial charge in [0.25, 0.3) is 0 Å². The Labute approximate surface area is 201 Å². The fourth-order valence-corrected chi connectivity index (χ4v) is 3.38. The van der Waals surface area contributed by atoms with E-state index in [-0.39, 0.29) is 28.0 Å². The summed E-state index contributed by atoms with van der Waals surface area (Å²) in [5.74, 6) is -2.79. The summed E-state index contributed by atoms with van der Waals surface area (Å²) in [5, 5.41) is 3.68. The summed E-state index contributed by atoms with van der Waals surface area (Å²) in [6.45, 7) is 0. The number of benzene rings is 4. The summed E-state index contributed by atoms with van der Waals surface area (Å²) in [6.07, 6.45) is 0. The van der Waals surface area contributed by atoms with Crippen molar-refractivity contribution < 1.29 is 24.0 Å². The van der Waals surface area contributed by atoms with Crippen LogP contribution < -0.4 is 0 Å². The first-order valence-corrected chi connectivity index (χ1v) is 10.7. The highest BCUT2D eigenvalue weighted by atomic mass is 16.7. The molecule has 170 valence electrons. The van der Waals surface area contributed by atoms with Crippen LogP contribution in [0.4, 0.5) is 0 Å². The van der Waals surface area contributed by atoms with Crippen molar-refractivity contribution in [1.29, 1.82) is 0 Å². The smallest absolute Gasteiger partial charge is 0.312 e. The number of ketones is 3. The Morgan fingerprint density at radius 1 is 0.486 bits per heavy atom. The zero-order valence-electron chi connectivity index (χ0n) is 18.5. The molecule has 0 aliphatic heterocycles. The van der Waals surface area contributed by atoms with Gasteiger partial charge in [0.2, 0.25) is 11.6 Å². The van der Waals surface area contributed by atoms with E-state index in [0.717, 1.165) is 0 Å². The van der Waals surface area contributed by atoms with Crippen molar-refractivity contribution in [3.05, 3.63) is 143 Å². The van der Waals surface area contributed by atoms with Crippen molar-refractivity contribution in [2.24, 2.45) is 5.16 Å². The summed E-state index contributed by atoms with van der Waals surface area (Å²) in [5.41, 5.74) is 0.230.